The lowest BCUT2D eigenvalue weighted by atomic mass is 10.1. The molecule has 5 heteroatoms. The lowest BCUT2D eigenvalue weighted by Crippen LogP contribution is -2.28. The van der Waals surface area contributed by atoms with Crippen LogP contribution < -0.4 is 10.9 Å². The predicted octanol–water partition coefficient (Wildman–Crippen LogP) is 3.83. The Morgan fingerprint density at radius 2 is 1.62 bits per heavy atom. The molecule has 4 rings (SSSR count). The number of hydrogen-bond acceptors (Lipinski definition) is 3. The standard InChI is InChI=1S/C24H27N3O2/c28-23-21-12-6-5-9-18(21)15-22(26-23)24(29)25-16-19-10-3-4-11-20(19)17-27-13-7-1-2-8-14-27/h3-6,9-12,15H,1-2,7-8,13-14,16-17H2,(H,25,29)(H,26,28). The molecule has 150 valence electrons. The van der Waals surface area contributed by atoms with Crippen molar-refractivity contribution >= 4 is 16.7 Å². The third-order valence-electron chi connectivity index (χ3n) is 5.65. The Morgan fingerprint density at radius 1 is 0.931 bits per heavy atom. The summed E-state index contributed by atoms with van der Waals surface area (Å²) in [6, 6.07) is 17.3. The van der Waals surface area contributed by atoms with E-state index >= 15 is 0 Å². The van der Waals surface area contributed by atoms with E-state index in [2.05, 4.69) is 33.4 Å². The Hall–Kier alpha value is -2.92. The fourth-order valence-electron chi connectivity index (χ4n) is 4.02. The first-order chi connectivity index (χ1) is 14.2. The highest BCUT2D eigenvalue weighted by atomic mass is 16.2. The topological polar surface area (TPSA) is 65.2 Å². The monoisotopic (exact) mass is 389 g/mol. The van der Waals surface area contributed by atoms with E-state index in [1.54, 1.807) is 12.1 Å². The van der Waals surface area contributed by atoms with Crippen molar-refractivity contribution < 1.29 is 4.79 Å². The second-order valence-corrected chi connectivity index (χ2v) is 7.74. The van der Waals surface area contributed by atoms with Crippen LogP contribution in [-0.2, 0) is 13.1 Å². The molecule has 0 aliphatic carbocycles. The molecule has 1 fully saturated rings. The number of carbonyl (C=O) groups is 1. The Balaban J connectivity index is 1.46. The fourth-order valence-corrected chi connectivity index (χ4v) is 4.02. The highest BCUT2D eigenvalue weighted by Gasteiger charge is 2.13. The number of rotatable bonds is 5. The van der Waals surface area contributed by atoms with E-state index in [4.69, 9.17) is 0 Å². The lowest BCUT2D eigenvalue weighted by Gasteiger charge is -2.21. The SMILES string of the molecule is O=C(NCc1ccccc1CN1CCCCCC1)c1cc2ccccc2c(=O)[nH]1. The molecule has 1 aliphatic rings. The minimum atomic E-state index is -0.266. The van der Waals surface area contributed by atoms with E-state index in [1.807, 2.05) is 24.3 Å². The van der Waals surface area contributed by atoms with Crippen molar-refractivity contribution in [3.8, 4) is 0 Å². The Bertz CT molecular complexity index is 1050. The number of carbonyl (C=O) groups excluding carboxylic acids is 1. The van der Waals surface area contributed by atoms with Crippen molar-refractivity contribution in [3.63, 3.8) is 0 Å². The number of fused-ring (bicyclic) bond motifs is 1. The number of amides is 1. The van der Waals surface area contributed by atoms with E-state index in [0.29, 0.717) is 17.6 Å². The van der Waals surface area contributed by atoms with Crippen LogP contribution >= 0.6 is 0 Å². The van der Waals surface area contributed by atoms with Crippen LogP contribution in [-0.4, -0.2) is 28.9 Å². The molecule has 0 radical (unpaired) electrons. The summed E-state index contributed by atoms with van der Waals surface area (Å²) in [7, 11) is 0. The molecule has 2 N–H and O–H groups in total. The van der Waals surface area contributed by atoms with Gasteiger partial charge in [-0.25, -0.2) is 0 Å². The van der Waals surface area contributed by atoms with Gasteiger partial charge in [0.15, 0.2) is 0 Å². The maximum absolute atomic E-state index is 12.7. The van der Waals surface area contributed by atoms with E-state index in [9.17, 15) is 9.59 Å². The predicted molar refractivity (Wildman–Crippen MR) is 116 cm³/mol. The van der Waals surface area contributed by atoms with Gasteiger partial charge in [0.05, 0.1) is 0 Å². The van der Waals surface area contributed by atoms with E-state index < -0.39 is 0 Å². The van der Waals surface area contributed by atoms with Crippen LogP contribution in [0.5, 0.6) is 0 Å². The van der Waals surface area contributed by atoms with Gasteiger partial charge in [0.25, 0.3) is 11.5 Å². The van der Waals surface area contributed by atoms with Gasteiger partial charge in [-0.2, -0.15) is 0 Å². The number of H-pyrrole nitrogens is 1. The first kappa shape index (κ1) is 19.4. The average molecular weight is 389 g/mol. The number of aromatic nitrogens is 1. The third-order valence-corrected chi connectivity index (χ3v) is 5.65. The molecule has 5 nitrogen and oxygen atoms in total. The molecule has 0 bridgehead atoms. The number of pyridine rings is 1. The maximum Gasteiger partial charge on any atom is 0.268 e. The number of nitrogens with zero attached hydrogens (tertiary/aromatic N) is 1. The first-order valence-electron chi connectivity index (χ1n) is 10.4. The number of hydrogen-bond donors (Lipinski definition) is 2. The lowest BCUT2D eigenvalue weighted by molar-refractivity contribution is 0.0945. The maximum atomic E-state index is 12.7. The third kappa shape index (κ3) is 4.74. The molecule has 0 spiro atoms. The van der Waals surface area contributed by atoms with Crippen molar-refractivity contribution in [2.45, 2.75) is 38.8 Å². The molecule has 3 aromatic rings. The Kier molecular flexibility index (Phi) is 6.06. The fraction of sp³-hybridized carbons (Fsp3) is 0.333. The van der Waals surface area contributed by atoms with Gasteiger partial charge in [0.2, 0.25) is 0 Å². The summed E-state index contributed by atoms with van der Waals surface area (Å²) in [5.41, 5.74) is 2.42. The van der Waals surface area contributed by atoms with Crippen molar-refractivity contribution in [3.05, 3.63) is 81.8 Å². The molecule has 1 aromatic heterocycles. The number of aromatic amines is 1. The molecule has 1 aliphatic heterocycles. The molecule has 0 atom stereocenters. The molecular formula is C24H27N3O2. The molecule has 1 saturated heterocycles. The van der Waals surface area contributed by atoms with Crippen LogP contribution in [0.1, 0.15) is 47.3 Å². The number of nitrogens with one attached hydrogen (secondary N) is 2. The van der Waals surface area contributed by atoms with E-state index in [-0.39, 0.29) is 11.5 Å². The zero-order chi connectivity index (χ0) is 20.1. The second-order valence-electron chi connectivity index (χ2n) is 7.74. The highest BCUT2D eigenvalue weighted by molar-refractivity contribution is 5.96. The smallest absolute Gasteiger partial charge is 0.268 e. The minimum Gasteiger partial charge on any atom is -0.347 e. The van der Waals surface area contributed by atoms with Crippen LogP contribution in [0.25, 0.3) is 10.8 Å². The van der Waals surface area contributed by atoms with Crippen molar-refractivity contribution in [2.24, 2.45) is 0 Å². The van der Waals surface area contributed by atoms with Crippen LogP contribution in [0.4, 0.5) is 0 Å². The van der Waals surface area contributed by atoms with Gasteiger partial charge in [-0.15, -0.1) is 0 Å². The van der Waals surface area contributed by atoms with Crippen LogP contribution in [0, 0.1) is 0 Å². The number of benzene rings is 2. The molecule has 1 amide bonds. The van der Waals surface area contributed by atoms with Crippen molar-refractivity contribution in [1.82, 2.24) is 15.2 Å². The molecule has 29 heavy (non-hydrogen) atoms. The first-order valence-corrected chi connectivity index (χ1v) is 10.4. The molecular weight excluding hydrogens is 362 g/mol. The quantitative estimate of drug-likeness (QED) is 0.697. The van der Waals surface area contributed by atoms with Crippen molar-refractivity contribution in [1.29, 1.82) is 0 Å². The molecule has 0 saturated carbocycles. The van der Waals surface area contributed by atoms with Gasteiger partial charge in [-0.05, 0) is 54.6 Å². The summed E-state index contributed by atoms with van der Waals surface area (Å²) in [4.78, 5) is 30.1. The van der Waals surface area contributed by atoms with Gasteiger partial charge in [-0.1, -0.05) is 55.3 Å². The van der Waals surface area contributed by atoms with Crippen LogP contribution in [0.15, 0.2) is 59.4 Å². The van der Waals surface area contributed by atoms with Gasteiger partial charge in [0.1, 0.15) is 5.69 Å². The summed E-state index contributed by atoms with van der Waals surface area (Å²) in [5.74, 6) is -0.266. The van der Waals surface area contributed by atoms with E-state index in [0.717, 1.165) is 30.6 Å². The largest absolute Gasteiger partial charge is 0.347 e. The van der Waals surface area contributed by atoms with Gasteiger partial charge in [0, 0.05) is 18.5 Å². The normalized spacial score (nSPS) is 15.2. The highest BCUT2D eigenvalue weighted by Crippen LogP contribution is 2.16. The minimum absolute atomic E-state index is 0.241. The van der Waals surface area contributed by atoms with Gasteiger partial charge >= 0.3 is 0 Å². The summed E-state index contributed by atoms with van der Waals surface area (Å²) in [6.07, 6.45) is 5.15. The average Bonchev–Trinajstić information content (AvgIpc) is 3.01. The molecule has 2 heterocycles. The summed E-state index contributed by atoms with van der Waals surface area (Å²) < 4.78 is 0. The second kappa shape index (κ2) is 9.05. The molecule has 2 aromatic carbocycles. The number of likely N-dealkylation sites (tertiary alicyclic amines) is 1. The Morgan fingerprint density at radius 3 is 2.41 bits per heavy atom. The summed E-state index contributed by atoms with van der Waals surface area (Å²) in [5, 5.41) is 4.33. The van der Waals surface area contributed by atoms with Crippen LogP contribution in [0.3, 0.4) is 0 Å². The van der Waals surface area contributed by atoms with Crippen LogP contribution in [0.2, 0.25) is 0 Å². The van der Waals surface area contributed by atoms with Gasteiger partial charge < -0.3 is 10.3 Å². The summed E-state index contributed by atoms with van der Waals surface area (Å²) in [6.45, 7) is 3.63. The Labute approximate surface area is 170 Å². The van der Waals surface area contributed by atoms with Gasteiger partial charge in [-0.3, -0.25) is 14.5 Å². The summed E-state index contributed by atoms with van der Waals surface area (Å²) >= 11 is 0. The molecule has 0 unspecified atom stereocenters. The zero-order valence-corrected chi connectivity index (χ0v) is 16.6. The van der Waals surface area contributed by atoms with E-state index in [1.165, 1.54) is 31.2 Å². The zero-order valence-electron chi connectivity index (χ0n) is 16.6. The van der Waals surface area contributed by atoms with Crippen molar-refractivity contribution in [2.75, 3.05) is 13.1 Å².